The van der Waals surface area contributed by atoms with E-state index in [1.807, 2.05) is 25.8 Å². The lowest BCUT2D eigenvalue weighted by Crippen LogP contribution is -2.49. The Hall–Kier alpha value is -0.200. The summed E-state index contributed by atoms with van der Waals surface area (Å²) in [5, 5.41) is 4.23. The smallest absolute Gasteiger partial charge is 0.215 e. The molecule has 0 saturated heterocycles. The number of nitrogens with zero attached hydrogens (tertiary/aromatic N) is 4. The van der Waals surface area contributed by atoms with Crippen molar-refractivity contribution >= 4 is 24.1 Å². The van der Waals surface area contributed by atoms with Gasteiger partial charge in [0.25, 0.3) is 0 Å². The fourth-order valence-electron chi connectivity index (χ4n) is 1.21. The lowest BCUT2D eigenvalue weighted by atomic mass is 10.7. The van der Waals surface area contributed by atoms with E-state index in [4.69, 9.17) is 17.6 Å². The van der Waals surface area contributed by atoms with Gasteiger partial charge in [0, 0.05) is 21.1 Å². The third kappa shape index (κ3) is 1.70. The van der Waals surface area contributed by atoms with E-state index < -0.39 is 6.49 Å². The number of hydrazone groups is 1. The van der Waals surface area contributed by atoms with Crippen LogP contribution in [0.5, 0.6) is 0 Å². The quantitative estimate of drug-likeness (QED) is 0.362. The van der Waals surface area contributed by atoms with Crippen molar-refractivity contribution in [3.8, 4) is 0 Å². The van der Waals surface area contributed by atoms with Crippen LogP contribution in [0.3, 0.4) is 0 Å². The molecule has 1 aliphatic rings. The number of amidine groups is 1. The molecule has 0 bridgehead atoms. The van der Waals surface area contributed by atoms with Crippen molar-refractivity contribution < 1.29 is 0 Å². The second-order valence-corrected chi connectivity index (χ2v) is 7.20. The summed E-state index contributed by atoms with van der Waals surface area (Å²) in [5.74, 6) is 6.53. The van der Waals surface area contributed by atoms with Gasteiger partial charge in [-0.1, -0.05) is 0 Å². The van der Waals surface area contributed by atoms with Crippen LogP contribution in [0.25, 0.3) is 0 Å². The summed E-state index contributed by atoms with van der Waals surface area (Å²) in [7, 11) is 5.47. The highest BCUT2D eigenvalue weighted by molar-refractivity contribution is 8.11. The second-order valence-electron chi connectivity index (χ2n) is 2.90. The van der Waals surface area contributed by atoms with Crippen molar-refractivity contribution in [1.29, 1.82) is 0 Å². The molecule has 1 atom stereocenters. The van der Waals surface area contributed by atoms with Gasteiger partial charge in [0.1, 0.15) is 5.84 Å². The van der Waals surface area contributed by atoms with Crippen LogP contribution in [0.4, 0.5) is 0 Å². The predicted molar refractivity (Wildman–Crippen MR) is 58.0 cm³/mol. The molecular weight excluding hydrogens is 207 g/mol. The average molecular weight is 222 g/mol. The van der Waals surface area contributed by atoms with Crippen LogP contribution in [0.1, 0.15) is 6.92 Å². The van der Waals surface area contributed by atoms with Crippen molar-refractivity contribution in [3.05, 3.63) is 0 Å². The third-order valence-corrected chi connectivity index (χ3v) is 6.56. The van der Waals surface area contributed by atoms with Gasteiger partial charge in [0.15, 0.2) is 0 Å². The third-order valence-electron chi connectivity index (χ3n) is 1.80. The molecule has 0 saturated carbocycles. The van der Waals surface area contributed by atoms with Gasteiger partial charge in [-0.2, -0.15) is 14.7 Å². The first-order chi connectivity index (χ1) is 5.89. The van der Waals surface area contributed by atoms with Crippen molar-refractivity contribution in [3.63, 3.8) is 0 Å². The highest BCUT2D eigenvalue weighted by atomic mass is 32.4. The van der Waals surface area contributed by atoms with Crippen LogP contribution in [0.15, 0.2) is 5.10 Å². The van der Waals surface area contributed by atoms with Crippen LogP contribution in [-0.2, 0) is 11.8 Å². The van der Waals surface area contributed by atoms with Crippen LogP contribution < -0.4 is 11.3 Å². The molecule has 1 unspecified atom stereocenters. The summed E-state index contributed by atoms with van der Waals surface area (Å²) < 4.78 is 5.12. The molecule has 0 fully saturated rings. The molecule has 0 aromatic carbocycles. The Morgan fingerprint density at radius 1 is 1.62 bits per heavy atom. The molecular formula is C5H15N6PS. The Kier molecular flexibility index (Phi) is 2.94. The van der Waals surface area contributed by atoms with E-state index in [9.17, 15) is 0 Å². The van der Waals surface area contributed by atoms with E-state index in [0.29, 0.717) is 0 Å². The predicted octanol–water partition coefficient (Wildman–Crippen LogP) is -0.268. The molecule has 76 valence electrons. The Morgan fingerprint density at radius 2 is 2.15 bits per heavy atom. The molecule has 6 nitrogen and oxygen atoms in total. The summed E-state index contributed by atoms with van der Waals surface area (Å²) in [6.45, 7) is -0.215. The van der Waals surface area contributed by atoms with Gasteiger partial charge in [-0.25, -0.2) is 4.78 Å². The lowest BCUT2D eigenvalue weighted by Gasteiger charge is -2.43. The van der Waals surface area contributed by atoms with Crippen molar-refractivity contribution in [2.24, 2.45) is 10.9 Å². The van der Waals surface area contributed by atoms with Gasteiger partial charge in [-0.05, 0) is 18.7 Å². The normalized spacial score (nSPS) is 30.3. The van der Waals surface area contributed by atoms with E-state index in [1.165, 1.54) is 4.78 Å². The Bertz CT molecular complexity index is 276. The zero-order valence-corrected chi connectivity index (χ0v) is 9.93. The molecule has 0 amide bonds. The zero-order valence-electron chi connectivity index (χ0n) is 8.22. The minimum atomic E-state index is -2.09. The van der Waals surface area contributed by atoms with E-state index >= 15 is 0 Å². The maximum atomic E-state index is 5.71. The molecule has 0 aliphatic carbocycles. The van der Waals surface area contributed by atoms with Crippen molar-refractivity contribution in [2.75, 3.05) is 21.1 Å². The van der Waals surface area contributed by atoms with Gasteiger partial charge in [-0.3, -0.25) is 11.3 Å². The fraction of sp³-hybridized carbons (Fsp3) is 0.800. The van der Waals surface area contributed by atoms with Gasteiger partial charge in [-0.15, -0.1) is 0 Å². The number of hydrogen-bond acceptors (Lipinski definition) is 4. The molecule has 3 N–H and O–H groups in total. The number of nitrogens with one attached hydrogen (secondary N) is 1. The van der Waals surface area contributed by atoms with Crippen molar-refractivity contribution in [1.82, 2.24) is 19.8 Å². The SMILES string of the molecule is CC1=NN(C)P(=S)(N(C)N)N(C)N1. The average Bonchev–Trinajstić information content (AvgIpc) is 1.99. The fourth-order valence-corrected chi connectivity index (χ4v) is 3.18. The van der Waals surface area contributed by atoms with Crippen LogP contribution >= 0.6 is 6.49 Å². The summed E-state index contributed by atoms with van der Waals surface area (Å²) >= 11 is 5.47. The molecule has 1 heterocycles. The molecule has 13 heavy (non-hydrogen) atoms. The molecule has 8 heteroatoms. The molecule has 0 aromatic rings. The first-order valence-corrected chi connectivity index (χ1v) is 6.44. The maximum absolute atomic E-state index is 5.71. The Morgan fingerprint density at radius 3 is 2.54 bits per heavy atom. The van der Waals surface area contributed by atoms with Crippen LogP contribution in [-0.4, -0.2) is 41.3 Å². The summed E-state index contributed by atoms with van der Waals surface area (Å²) in [5.41, 5.74) is 3.05. The van der Waals surface area contributed by atoms with Crippen LogP contribution in [0.2, 0.25) is 0 Å². The number of nitrogens with two attached hydrogens (primary N) is 1. The first-order valence-electron chi connectivity index (χ1n) is 3.78. The highest BCUT2D eigenvalue weighted by Gasteiger charge is 2.34. The minimum Gasteiger partial charge on any atom is -0.299 e. The number of hydrazine groups is 2. The van der Waals surface area contributed by atoms with Gasteiger partial charge >= 0.3 is 0 Å². The molecule has 0 aromatic heterocycles. The second kappa shape index (κ2) is 3.51. The zero-order chi connectivity index (χ0) is 10.2. The minimum absolute atomic E-state index is 0.812. The molecule has 1 aliphatic heterocycles. The Labute approximate surface area is 83.5 Å². The molecule has 1 rings (SSSR count). The molecule has 0 spiro atoms. The monoisotopic (exact) mass is 222 g/mol. The Balaban J connectivity index is 3.06. The van der Waals surface area contributed by atoms with E-state index in [0.717, 1.165) is 5.84 Å². The standard InChI is InChI=1S/C5H15N6PS/c1-5-7-10(3)12(13,9(2)6)11(4)8-5/h6H2,1-4H3,(H,7,8). The summed E-state index contributed by atoms with van der Waals surface area (Å²) in [6, 6.07) is 0. The molecule has 0 radical (unpaired) electrons. The van der Waals surface area contributed by atoms with Gasteiger partial charge in [0.05, 0.1) is 0 Å². The van der Waals surface area contributed by atoms with Gasteiger partial charge < -0.3 is 0 Å². The number of hydrogen-bond donors (Lipinski definition) is 2. The first kappa shape index (κ1) is 10.9. The maximum Gasteiger partial charge on any atom is 0.215 e. The van der Waals surface area contributed by atoms with Crippen LogP contribution in [0, 0.1) is 0 Å². The highest BCUT2D eigenvalue weighted by Crippen LogP contribution is 2.52. The number of rotatable bonds is 1. The van der Waals surface area contributed by atoms with Gasteiger partial charge in [0.2, 0.25) is 6.49 Å². The van der Waals surface area contributed by atoms with Crippen molar-refractivity contribution in [2.45, 2.75) is 6.92 Å². The summed E-state index contributed by atoms with van der Waals surface area (Å²) in [4.78, 5) is 0. The van der Waals surface area contributed by atoms with E-state index in [2.05, 4.69) is 10.5 Å². The topological polar surface area (TPSA) is 60.1 Å². The van der Waals surface area contributed by atoms with E-state index in [-0.39, 0.29) is 0 Å². The van der Waals surface area contributed by atoms with E-state index in [1.54, 1.807) is 11.8 Å². The largest absolute Gasteiger partial charge is 0.299 e. The lowest BCUT2D eigenvalue weighted by molar-refractivity contribution is 0.355. The summed E-state index contributed by atoms with van der Waals surface area (Å²) in [6.07, 6.45) is 0.